The van der Waals surface area contributed by atoms with Crippen LogP contribution < -0.4 is 5.32 Å². The van der Waals surface area contributed by atoms with Crippen LogP contribution in [0.5, 0.6) is 0 Å². The van der Waals surface area contributed by atoms with Crippen LogP contribution in [0.1, 0.15) is 19.0 Å². The van der Waals surface area contributed by atoms with E-state index in [1.54, 1.807) is 12.1 Å². The number of benzene rings is 1. The summed E-state index contributed by atoms with van der Waals surface area (Å²) in [5, 5.41) is 3.49. The Morgan fingerprint density at radius 2 is 2.28 bits per heavy atom. The molecule has 1 aromatic carbocycles. The molecule has 0 saturated heterocycles. The van der Waals surface area contributed by atoms with Crippen molar-refractivity contribution < 1.29 is 8.81 Å². The third-order valence-electron chi connectivity index (χ3n) is 2.46. The van der Waals surface area contributed by atoms with Crippen molar-refractivity contribution in [1.82, 2.24) is 10.3 Å². The molecule has 0 saturated carbocycles. The van der Waals surface area contributed by atoms with Gasteiger partial charge >= 0.3 is 0 Å². The summed E-state index contributed by atoms with van der Waals surface area (Å²) in [6.07, 6.45) is 2.56. The van der Waals surface area contributed by atoms with E-state index < -0.39 is 5.82 Å². The molecule has 2 aromatic rings. The van der Waals surface area contributed by atoms with Crippen molar-refractivity contribution in [2.75, 3.05) is 6.54 Å². The Kier molecular flexibility index (Phi) is 4.33. The van der Waals surface area contributed by atoms with Crippen molar-refractivity contribution in [1.29, 1.82) is 0 Å². The Balaban J connectivity index is 2.19. The second-order valence-electron chi connectivity index (χ2n) is 3.92. The van der Waals surface area contributed by atoms with Gasteiger partial charge in [0.05, 0.1) is 16.3 Å². The summed E-state index contributed by atoms with van der Waals surface area (Å²) in [5.74, 6) is -0.219. The Morgan fingerprint density at radius 3 is 3.00 bits per heavy atom. The fourth-order valence-electron chi connectivity index (χ4n) is 1.60. The minimum atomic E-state index is -0.433. The minimum absolute atomic E-state index is 0.209. The number of hydrogen-bond acceptors (Lipinski definition) is 3. The highest BCUT2D eigenvalue weighted by molar-refractivity contribution is 6.33. The molecular weight excluding hydrogens is 255 g/mol. The molecule has 0 radical (unpaired) electrons. The fraction of sp³-hybridized carbons (Fsp3) is 0.308. The lowest BCUT2D eigenvalue weighted by atomic mass is 10.2. The number of halogens is 2. The molecule has 2 rings (SSSR count). The van der Waals surface area contributed by atoms with Crippen molar-refractivity contribution in [2.45, 2.75) is 19.9 Å². The summed E-state index contributed by atoms with van der Waals surface area (Å²) in [7, 11) is 0. The van der Waals surface area contributed by atoms with Crippen molar-refractivity contribution in [3.8, 4) is 11.5 Å². The second-order valence-corrected chi connectivity index (χ2v) is 4.32. The van der Waals surface area contributed by atoms with Crippen LogP contribution in [0.15, 0.2) is 28.9 Å². The van der Waals surface area contributed by atoms with Gasteiger partial charge in [-0.25, -0.2) is 9.37 Å². The molecule has 0 aliphatic rings. The van der Waals surface area contributed by atoms with Crippen LogP contribution in [-0.4, -0.2) is 11.5 Å². The number of aromatic nitrogens is 1. The summed E-state index contributed by atoms with van der Waals surface area (Å²) >= 11 is 5.94. The number of rotatable bonds is 5. The third kappa shape index (κ3) is 2.89. The average molecular weight is 269 g/mol. The van der Waals surface area contributed by atoms with Crippen LogP contribution in [0.4, 0.5) is 4.39 Å². The summed E-state index contributed by atoms with van der Waals surface area (Å²) in [6.45, 7) is 3.59. The highest BCUT2D eigenvalue weighted by Gasteiger charge is 2.15. The normalized spacial score (nSPS) is 10.8. The maximum Gasteiger partial charge on any atom is 0.230 e. The first-order valence-electron chi connectivity index (χ1n) is 5.82. The maximum atomic E-state index is 13.7. The molecule has 0 bridgehead atoms. The van der Waals surface area contributed by atoms with E-state index in [2.05, 4.69) is 17.2 Å². The maximum absolute atomic E-state index is 13.7. The van der Waals surface area contributed by atoms with Gasteiger partial charge in [0.1, 0.15) is 12.1 Å². The molecular formula is C13H14ClFN2O. The molecule has 0 unspecified atom stereocenters. The summed E-state index contributed by atoms with van der Waals surface area (Å²) in [4.78, 5) is 4.22. The highest BCUT2D eigenvalue weighted by atomic mass is 35.5. The van der Waals surface area contributed by atoms with Crippen molar-refractivity contribution in [3.05, 3.63) is 41.0 Å². The second kappa shape index (κ2) is 5.98. The van der Waals surface area contributed by atoms with E-state index in [1.807, 2.05) is 0 Å². The fourth-order valence-corrected chi connectivity index (χ4v) is 1.84. The molecule has 1 N–H and O–H groups in total. The van der Waals surface area contributed by atoms with Gasteiger partial charge in [-0.15, -0.1) is 0 Å². The van der Waals surface area contributed by atoms with Crippen molar-refractivity contribution in [2.24, 2.45) is 0 Å². The molecule has 5 heteroatoms. The minimum Gasteiger partial charge on any atom is -0.444 e. The lowest BCUT2D eigenvalue weighted by Crippen LogP contribution is -2.13. The third-order valence-corrected chi connectivity index (χ3v) is 2.78. The van der Waals surface area contributed by atoms with Gasteiger partial charge in [0, 0.05) is 6.54 Å². The van der Waals surface area contributed by atoms with Gasteiger partial charge in [-0.05, 0) is 25.1 Å². The van der Waals surface area contributed by atoms with Crippen LogP contribution >= 0.6 is 11.6 Å². The van der Waals surface area contributed by atoms with E-state index in [0.717, 1.165) is 18.7 Å². The van der Waals surface area contributed by atoms with Gasteiger partial charge in [0.2, 0.25) is 5.89 Å². The van der Waals surface area contributed by atoms with Crippen LogP contribution in [0.25, 0.3) is 11.5 Å². The number of hydrogen-bond donors (Lipinski definition) is 1. The number of nitrogens with one attached hydrogen (secondary N) is 1. The molecule has 96 valence electrons. The van der Waals surface area contributed by atoms with Crippen LogP contribution in [0.2, 0.25) is 5.02 Å². The van der Waals surface area contributed by atoms with E-state index in [-0.39, 0.29) is 11.5 Å². The lowest BCUT2D eigenvalue weighted by Gasteiger charge is -2.00. The van der Waals surface area contributed by atoms with Gasteiger partial charge in [0.15, 0.2) is 0 Å². The SMILES string of the molecule is CCCNCc1coc(-c2c(F)cccc2Cl)n1. The standard InChI is InChI=1S/C13H14ClFN2O/c1-2-6-16-7-9-8-18-13(17-9)12-10(14)4-3-5-11(12)15/h3-5,8,16H,2,6-7H2,1H3. The zero-order valence-corrected chi connectivity index (χ0v) is 10.8. The predicted molar refractivity (Wildman–Crippen MR) is 68.9 cm³/mol. The summed E-state index contributed by atoms with van der Waals surface area (Å²) in [5.41, 5.74) is 0.943. The van der Waals surface area contributed by atoms with Gasteiger partial charge in [-0.3, -0.25) is 0 Å². The number of nitrogens with zero attached hydrogens (tertiary/aromatic N) is 1. The Bertz CT molecular complexity index is 507. The largest absolute Gasteiger partial charge is 0.444 e. The first kappa shape index (κ1) is 13.1. The van der Waals surface area contributed by atoms with Crippen LogP contribution in [-0.2, 0) is 6.54 Å². The first-order valence-corrected chi connectivity index (χ1v) is 6.19. The topological polar surface area (TPSA) is 38.1 Å². The Morgan fingerprint density at radius 1 is 1.44 bits per heavy atom. The molecule has 0 aliphatic carbocycles. The zero-order valence-electron chi connectivity index (χ0n) is 10.0. The van der Waals surface area contributed by atoms with Crippen molar-refractivity contribution >= 4 is 11.6 Å². The molecule has 3 nitrogen and oxygen atoms in total. The molecule has 1 heterocycles. The predicted octanol–water partition coefficient (Wildman–Crippen LogP) is 3.63. The highest BCUT2D eigenvalue weighted by Crippen LogP contribution is 2.29. The van der Waals surface area contributed by atoms with Crippen LogP contribution in [0, 0.1) is 5.82 Å². The molecule has 1 aromatic heterocycles. The van der Waals surface area contributed by atoms with Gasteiger partial charge in [-0.1, -0.05) is 24.6 Å². The Labute approximate surface area is 110 Å². The van der Waals surface area contributed by atoms with E-state index >= 15 is 0 Å². The monoisotopic (exact) mass is 268 g/mol. The first-order chi connectivity index (χ1) is 8.72. The van der Waals surface area contributed by atoms with E-state index in [0.29, 0.717) is 11.6 Å². The number of oxazole rings is 1. The molecule has 0 spiro atoms. The van der Waals surface area contributed by atoms with Gasteiger partial charge < -0.3 is 9.73 Å². The van der Waals surface area contributed by atoms with E-state index in [1.165, 1.54) is 12.3 Å². The molecule has 0 amide bonds. The zero-order chi connectivity index (χ0) is 13.0. The summed E-state index contributed by atoms with van der Waals surface area (Å²) < 4.78 is 18.9. The molecule has 0 fully saturated rings. The van der Waals surface area contributed by atoms with Crippen molar-refractivity contribution in [3.63, 3.8) is 0 Å². The van der Waals surface area contributed by atoms with Gasteiger partial charge in [0.25, 0.3) is 0 Å². The Hall–Kier alpha value is -1.39. The molecule has 18 heavy (non-hydrogen) atoms. The summed E-state index contributed by atoms with van der Waals surface area (Å²) in [6, 6.07) is 4.49. The van der Waals surface area contributed by atoms with Gasteiger partial charge in [-0.2, -0.15) is 0 Å². The van der Waals surface area contributed by atoms with E-state index in [9.17, 15) is 4.39 Å². The van der Waals surface area contributed by atoms with E-state index in [4.69, 9.17) is 16.0 Å². The smallest absolute Gasteiger partial charge is 0.230 e. The molecule has 0 aliphatic heterocycles. The quantitative estimate of drug-likeness (QED) is 0.842. The average Bonchev–Trinajstić information content (AvgIpc) is 2.78. The van der Waals surface area contributed by atoms with Crippen LogP contribution in [0.3, 0.4) is 0 Å². The lowest BCUT2D eigenvalue weighted by molar-refractivity contribution is 0.559. The molecule has 0 atom stereocenters.